The minimum Gasteiger partial charge on any atom is -0.493 e. The lowest BCUT2D eigenvalue weighted by molar-refractivity contribution is 0.315. The van der Waals surface area contributed by atoms with E-state index in [1.807, 2.05) is 6.92 Å². The van der Waals surface area contributed by atoms with Gasteiger partial charge in [-0.1, -0.05) is 13.0 Å². The Morgan fingerprint density at radius 2 is 1.86 bits per heavy atom. The predicted octanol–water partition coefficient (Wildman–Crippen LogP) is 3.43. The topological polar surface area (TPSA) is 92.8 Å². The first-order valence-electron chi connectivity index (χ1n) is 9.51. The summed E-state index contributed by atoms with van der Waals surface area (Å²) in [5.74, 6) is 0.761. The minimum absolute atomic E-state index is 0.105. The lowest BCUT2D eigenvalue weighted by Crippen LogP contribution is -2.25. The number of hydrogen-bond donors (Lipinski definition) is 1. The monoisotopic (exact) mass is 438 g/mol. The Kier molecular flexibility index (Phi) is 6.09. The molecule has 0 amide bonds. The van der Waals surface area contributed by atoms with Crippen LogP contribution in [0.2, 0.25) is 0 Å². The highest BCUT2D eigenvalue weighted by molar-refractivity contribution is 7.93. The molecule has 0 aromatic heterocycles. The van der Waals surface area contributed by atoms with E-state index >= 15 is 0 Å². The van der Waals surface area contributed by atoms with Gasteiger partial charge in [0.25, 0.3) is 10.0 Å². The molecule has 9 heteroatoms. The molecule has 1 saturated heterocycles. The van der Waals surface area contributed by atoms with E-state index in [1.54, 1.807) is 44.2 Å². The fraction of sp³-hybridized carbons (Fsp3) is 0.400. The van der Waals surface area contributed by atoms with Gasteiger partial charge in [-0.3, -0.25) is 9.03 Å². The van der Waals surface area contributed by atoms with Crippen LogP contribution in [0, 0.1) is 13.8 Å². The number of anilines is 2. The van der Waals surface area contributed by atoms with Crippen LogP contribution in [0.15, 0.2) is 41.3 Å². The van der Waals surface area contributed by atoms with Gasteiger partial charge in [0.05, 0.1) is 28.6 Å². The third-order valence-electron chi connectivity index (χ3n) is 4.77. The van der Waals surface area contributed by atoms with Gasteiger partial charge in [0.2, 0.25) is 10.0 Å². The van der Waals surface area contributed by atoms with Crippen molar-refractivity contribution in [2.24, 2.45) is 0 Å². The van der Waals surface area contributed by atoms with E-state index in [4.69, 9.17) is 4.74 Å². The quantitative estimate of drug-likeness (QED) is 0.715. The molecule has 1 fully saturated rings. The van der Waals surface area contributed by atoms with Crippen molar-refractivity contribution in [3.63, 3.8) is 0 Å². The molecule has 0 radical (unpaired) electrons. The summed E-state index contributed by atoms with van der Waals surface area (Å²) in [5, 5.41) is 0. The lowest BCUT2D eigenvalue weighted by Gasteiger charge is -2.19. The Morgan fingerprint density at radius 3 is 2.48 bits per heavy atom. The fourth-order valence-electron chi connectivity index (χ4n) is 3.17. The van der Waals surface area contributed by atoms with Gasteiger partial charge >= 0.3 is 0 Å². The average Bonchev–Trinajstić information content (AvgIpc) is 3.01. The average molecular weight is 439 g/mol. The van der Waals surface area contributed by atoms with Gasteiger partial charge < -0.3 is 4.74 Å². The van der Waals surface area contributed by atoms with Crippen molar-refractivity contribution in [3.8, 4) is 5.75 Å². The van der Waals surface area contributed by atoms with E-state index in [9.17, 15) is 16.8 Å². The van der Waals surface area contributed by atoms with Gasteiger partial charge in [0.1, 0.15) is 5.75 Å². The third kappa shape index (κ3) is 4.67. The molecule has 0 bridgehead atoms. The maximum Gasteiger partial charge on any atom is 0.261 e. The van der Waals surface area contributed by atoms with Crippen molar-refractivity contribution in [2.45, 2.75) is 38.5 Å². The molecule has 0 saturated carbocycles. The largest absolute Gasteiger partial charge is 0.493 e. The summed E-state index contributed by atoms with van der Waals surface area (Å²) in [4.78, 5) is 0.123. The lowest BCUT2D eigenvalue weighted by atomic mass is 10.2. The Hall–Kier alpha value is -2.26. The molecule has 7 nitrogen and oxygen atoms in total. The van der Waals surface area contributed by atoms with Crippen LogP contribution in [-0.2, 0) is 20.0 Å². The van der Waals surface area contributed by atoms with Gasteiger partial charge in [-0.05, 0) is 68.1 Å². The summed E-state index contributed by atoms with van der Waals surface area (Å²) >= 11 is 0. The third-order valence-corrected chi connectivity index (χ3v) is 8.00. The van der Waals surface area contributed by atoms with Crippen molar-refractivity contribution in [3.05, 3.63) is 47.5 Å². The molecule has 1 aliphatic heterocycles. The molecule has 0 unspecified atom stereocenters. The number of ether oxygens (including phenoxy) is 1. The summed E-state index contributed by atoms with van der Waals surface area (Å²) in [7, 11) is -7.18. The highest BCUT2D eigenvalue weighted by Crippen LogP contribution is 2.30. The van der Waals surface area contributed by atoms with Crippen molar-refractivity contribution in [2.75, 3.05) is 27.9 Å². The molecule has 158 valence electrons. The maximum atomic E-state index is 12.9. The molecular formula is C20H26N2O5S2. The van der Waals surface area contributed by atoms with Crippen LogP contribution in [0.4, 0.5) is 11.4 Å². The Labute approximate surface area is 172 Å². The second-order valence-corrected chi connectivity index (χ2v) is 10.8. The van der Waals surface area contributed by atoms with Crippen LogP contribution >= 0.6 is 0 Å². The summed E-state index contributed by atoms with van der Waals surface area (Å²) in [6.45, 7) is 6.54. The number of sulfonamides is 2. The highest BCUT2D eigenvalue weighted by atomic mass is 32.2. The van der Waals surface area contributed by atoms with E-state index in [1.165, 1.54) is 10.4 Å². The second-order valence-electron chi connectivity index (χ2n) is 7.12. The minimum atomic E-state index is -3.84. The van der Waals surface area contributed by atoms with Gasteiger partial charge in [0, 0.05) is 6.54 Å². The molecule has 29 heavy (non-hydrogen) atoms. The van der Waals surface area contributed by atoms with E-state index in [2.05, 4.69) is 4.72 Å². The first-order chi connectivity index (χ1) is 13.6. The molecule has 0 aliphatic carbocycles. The van der Waals surface area contributed by atoms with Crippen LogP contribution in [-0.4, -0.2) is 35.7 Å². The molecule has 0 atom stereocenters. The zero-order valence-electron chi connectivity index (χ0n) is 16.8. The first kappa shape index (κ1) is 21.4. The highest BCUT2D eigenvalue weighted by Gasteiger charge is 2.29. The fourth-order valence-corrected chi connectivity index (χ4v) is 5.93. The van der Waals surface area contributed by atoms with Crippen LogP contribution < -0.4 is 13.8 Å². The SMILES string of the molecule is CCCOc1ccc(S(=O)(=O)Nc2cc(N3CCCS3(=O)=O)ccc2C)cc1C. The van der Waals surface area contributed by atoms with Gasteiger partial charge in [-0.2, -0.15) is 0 Å². The number of nitrogens with zero attached hydrogens (tertiary/aromatic N) is 1. The number of benzene rings is 2. The summed E-state index contributed by atoms with van der Waals surface area (Å²) in [6, 6.07) is 9.71. The van der Waals surface area contributed by atoms with Crippen LogP contribution in [0.1, 0.15) is 30.9 Å². The van der Waals surface area contributed by atoms with Gasteiger partial charge in [0.15, 0.2) is 0 Å². The van der Waals surface area contributed by atoms with Crippen LogP contribution in [0.5, 0.6) is 5.75 Å². The standard InChI is InChI=1S/C20H26N2O5S2/c1-4-11-27-20-9-8-18(13-16(20)3)29(25,26)21-19-14-17(7-6-15(19)2)22-10-5-12-28(22,23)24/h6-9,13-14,21H,4-5,10-12H2,1-3H3. The zero-order chi connectivity index (χ0) is 21.2. The molecule has 0 spiro atoms. The first-order valence-corrected chi connectivity index (χ1v) is 12.6. The molecule has 1 heterocycles. The number of rotatable bonds is 7. The van der Waals surface area contributed by atoms with E-state index in [0.717, 1.165) is 12.0 Å². The van der Waals surface area contributed by atoms with Gasteiger partial charge in [-0.25, -0.2) is 16.8 Å². The van der Waals surface area contributed by atoms with Crippen molar-refractivity contribution in [1.29, 1.82) is 0 Å². The second kappa shape index (κ2) is 8.23. The van der Waals surface area contributed by atoms with Crippen LogP contribution in [0.3, 0.4) is 0 Å². The normalized spacial score (nSPS) is 16.0. The molecule has 1 aliphatic rings. The zero-order valence-corrected chi connectivity index (χ0v) is 18.4. The van der Waals surface area contributed by atoms with E-state index in [0.29, 0.717) is 42.3 Å². The molecular weight excluding hydrogens is 412 g/mol. The molecule has 2 aromatic rings. The number of hydrogen-bond acceptors (Lipinski definition) is 5. The van der Waals surface area contributed by atoms with E-state index < -0.39 is 20.0 Å². The summed E-state index contributed by atoms with van der Waals surface area (Å²) < 4.78 is 59.7. The predicted molar refractivity (Wildman–Crippen MR) is 115 cm³/mol. The Bertz CT molecular complexity index is 1110. The van der Waals surface area contributed by atoms with E-state index in [-0.39, 0.29) is 10.6 Å². The summed E-state index contributed by atoms with van der Waals surface area (Å²) in [5.41, 5.74) is 2.25. The number of aryl methyl sites for hydroxylation is 2. The summed E-state index contributed by atoms with van der Waals surface area (Å²) in [6.07, 6.45) is 1.42. The number of nitrogens with one attached hydrogen (secondary N) is 1. The maximum absolute atomic E-state index is 12.9. The van der Waals surface area contributed by atoms with Gasteiger partial charge in [-0.15, -0.1) is 0 Å². The van der Waals surface area contributed by atoms with Crippen molar-refractivity contribution in [1.82, 2.24) is 0 Å². The smallest absolute Gasteiger partial charge is 0.261 e. The van der Waals surface area contributed by atoms with Crippen molar-refractivity contribution >= 4 is 31.4 Å². The molecule has 1 N–H and O–H groups in total. The molecule has 3 rings (SSSR count). The van der Waals surface area contributed by atoms with Crippen LogP contribution in [0.25, 0.3) is 0 Å². The Balaban J connectivity index is 1.89. The Morgan fingerprint density at radius 1 is 1.10 bits per heavy atom. The molecule has 2 aromatic carbocycles. The van der Waals surface area contributed by atoms with Crippen molar-refractivity contribution < 1.29 is 21.6 Å².